The van der Waals surface area contributed by atoms with Crippen LogP contribution in [0.2, 0.25) is 0 Å². The fourth-order valence-corrected chi connectivity index (χ4v) is 3.70. The van der Waals surface area contributed by atoms with Crippen LogP contribution in [0.4, 0.5) is 0 Å². The molecule has 0 aromatic heterocycles. The van der Waals surface area contributed by atoms with Crippen molar-refractivity contribution in [2.45, 2.75) is 12.8 Å². The summed E-state index contributed by atoms with van der Waals surface area (Å²) in [5.74, 6) is 1.05. The van der Waals surface area contributed by atoms with Gasteiger partial charge in [-0.05, 0) is 51.2 Å². The van der Waals surface area contributed by atoms with E-state index >= 15 is 0 Å². The second kappa shape index (κ2) is 4.48. The highest BCUT2D eigenvalue weighted by molar-refractivity contribution is 6.24. The summed E-state index contributed by atoms with van der Waals surface area (Å²) in [5, 5.41) is 7.96. The van der Waals surface area contributed by atoms with E-state index in [9.17, 15) is 0 Å². The summed E-state index contributed by atoms with van der Waals surface area (Å²) in [6, 6.07) is 19.9. The van der Waals surface area contributed by atoms with Gasteiger partial charge in [0.2, 0.25) is 0 Å². The zero-order chi connectivity index (χ0) is 14.5. The minimum Gasteiger partial charge on any atom is -0.493 e. The zero-order valence-corrected chi connectivity index (χ0v) is 12.3. The van der Waals surface area contributed by atoms with E-state index in [0.717, 1.165) is 25.2 Å². The first-order chi connectivity index (χ1) is 10.9. The molecule has 0 atom stereocenters. The van der Waals surface area contributed by atoms with Crippen LogP contribution in [0.15, 0.2) is 60.7 Å². The molecule has 0 N–H and O–H groups in total. The first kappa shape index (κ1) is 12.0. The normalized spacial score (nSPS) is 15.4. The first-order valence-electron chi connectivity index (χ1n) is 7.92. The highest BCUT2D eigenvalue weighted by atomic mass is 16.5. The summed E-state index contributed by atoms with van der Waals surface area (Å²) in [7, 11) is 0. The van der Waals surface area contributed by atoms with Crippen LogP contribution in [0.25, 0.3) is 38.1 Å². The molecular formula is C21H16O. The SMILES string of the molecule is C1=C(c2ccc3ccc4cccc5ccc2c3c45)OCCC1. The average Bonchev–Trinajstić information content (AvgIpc) is 2.60. The van der Waals surface area contributed by atoms with E-state index in [1.807, 2.05) is 0 Å². The van der Waals surface area contributed by atoms with Crippen LogP contribution < -0.4 is 0 Å². The summed E-state index contributed by atoms with van der Waals surface area (Å²) >= 11 is 0. The van der Waals surface area contributed by atoms with Crippen LogP contribution in [0.3, 0.4) is 0 Å². The van der Waals surface area contributed by atoms with Gasteiger partial charge in [-0.2, -0.15) is 0 Å². The fraction of sp³-hybridized carbons (Fsp3) is 0.143. The summed E-state index contributed by atoms with van der Waals surface area (Å²) in [5.41, 5.74) is 1.23. The predicted molar refractivity (Wildman–Crippen MR) is 93.3 cm³/mol. The molecular weight excluding hydrogens is 268 g/mol. The van der Waals surface area contributed by atoms with Gasteiger partial charge in [-0.25, -0.2) is 0 Å². The highest BCUT2D eigenvalue weighted by Crippen LogP contribution is 2.38. The molecule has 1 aliphatic rings. The Hall–Kier alpha value is -2.54. The molecule has 22 heavy (non-hydrogen) atoms. The van der Waals surface area contributed by atoms with Crippen molar-refractivity contribution in [2.24, 2.45) is 0 Å². The predicted octanol–water partition coefficient (Wildman–Crippen LogP) is 5.74. The largest absolute Gasteiger partial charge is 0.493 e. The van der Waals surface area contributed by atoms with E-state index < -0.39 is 0 Å². The lowest BCUT2D eigenvalue weighted by atomic mass is 9.91. The van der Waals surface area contributed by atoms with Crippen molar-refractivity contribution >= 4 is 38.1 Å². The maximum atomic E-state index is 5.92. The lowest BCUT2D eigenvalue weighted by molar-refractivity contribution is 0.259. The van der Waals surface area contributed by atoms with Gasteiger partial charge < -0.3 is 4.74 Å². The van der Waals surface area contributed by atoms with Gasteiger partial charge >= 0.3 is 0 Å². The Morgan fingerprint density at radius 1 is 0.727 bits per heavy atom. The highest BCUT2D eigenvalue weighted by Gasteiger charge is 2.14. The maximum absolute atomic E-state index is 5.92. The average molecular weight is 284 g/mol. The van der Waals surface area contributed by atoms with Crippen LogP contribution >= 0.6 is 0 Å². The molecule has 0 saturated carbocycles. The van der Waals surface area contributed by atoms with E-state index in [4.69, 9.17) is 4.74 Å². The van der Waals surface area contributed by atoms with Crippen molar-refractivity contribution in [3.63, 3.8) is 0 Å². The molecule has 0 fully saturated rings. The molecule has 1 heterocycles. The number of ether oxygens (including phenoxy) is 1. The van der Waals surface area contributed by atoms with Crippen LogP contribution in [0.5, 0.6) is 0 Å². The van der Waals surface area contributed by atoms with E-state index in [-0.39, 0.29) is 0 Å². The summed E-state index contributed by atoms with van der Waals surface area (Å²) in [6.45, 7) is 0.827. The quantitative estimate of drug-likeness (QED) is 0.405. The van der Waals surface area contributed by atoms with Gasteiger partial charge in [-0.3, -0.25) is 0 Å². The third-order valence-electron chi connectivity index (χ3n) is 4.73. The Kier molecular flexibility index (Phi) is 2.45. The van der Waals surface area contributed by atoms with Crippen LogP contribution in [-0.2, 0) is 4.74 Å². The Morgan fingerprint density at radius 3 is 2.23 bits per heavy atom. The molecule has 0 unspecified atom stereocenters. The lowest BCUT2D eigenvalue weighted by Gasteiger charge is -2.18. The minimum absolute atomic E-state index is 0.827. The molecule has 1 aliphatic heterocycles. The third-order valence-corrected chi connectivity index (χ3v) is 4.73. The van der Waals surface area contributed by atoms with Gasteiger partial charge in [0.25, 0.3) is 0 Å². The maximum Gasteiger partial charge on any atom is 0.123 e. The van der Waals surface area contributed by atoms with Crippen molar-refractivity contribution in [1.82, 2.24) is 0 Å². The van der Waals surface area contributed by atoms with Gasteiger partial charge in [0.15, 0.2) is 0 Å². The molecule has 0 aliphatic carbocycles. The second-order valence-corrected chi connectivity index (χ2v) is 6.03. The first-order valence-corrected chi connectivity index (χ1v) is 7.92. The van der Waals surface area contributed by atoms with Crippen molar-refractivity contribution in [2.75, 3.05) is 6.61 Å². The molecule has 106 valence electrons. The molecule has 4 aromatic rings. The number of benzene rings is 4. The van der Waals surface area contributed by atoms with Crippen molar-refractivity contribution in [1.29, 1.82) is 0 Å². The number of hydrogen-bond donors (Lipinski definition) is 0. The van der Waals surface area contributed by atoms with Gasteiger partial charge in [0, 0.05) is 5.56 Å². The summed E-state index contributed by atoms with van der Waals surface area (Å²) < 4.78 is 5.92. The van der Waals surface area contributed by atoms with E-state index in [0.29, 0.717) is 0 Å². The van der Waals surface area contributed by atoms with Crippen LogP contribution in [0, 0.1) is 0 Å². The lowest BCUT2D eigenvalue weighted by Crippen LogP contribution is -2.01. The van der Waals surface area contributed by atoms with Crippen molar-refractivity contribution in [3.05, 3.63) is 66.2 Å². The van der Waals surface area contributed by atoms with E-state index in [2.05, 4.69) is 60.7 Å². The molecule has 1 nitrogen and oxygen atoms in total. The van der Waals surface area contributed by atoms with Crippen LogP contribution in [-0.4, -0.2) is 6.61 Å². The number of rotatable bonds is 1. The van der Waals surface area contributed by atoms with Gasteiger partial charge in [0.05, 0.1) is 6.61 Å². The molecule has 0 saturated heterocycles. The standard InChI is InChI=1S/C21H16O/c1-2-13-22-19(6-1)17-11-9-16-8-7-14-4-3-5-15-10-12-18(17)21(16)20(14)15/h3-12H,1-2,13H2. The summed E-state index contributed by atoms with van der Waals surface area (Å²) in [4.78, 5) is 0. The molecule has 5 rings (SSSR count). The van der Waals surface area contributed by atoms with Gasteiger partial charge in [0.1, 0.15) is 5.76 Å². The topological polar surface area (TPSA) is 9.23 Å². The Bertz CT molecular complexity index is 1010. The van der Waals surface area contributed by atoms with Crippen LogP contribution in [0.1, 0.15) is 18.4 Å². The van der Waals surface area contributed by atoms with Crippen molar-refractivity contribution < 1.29 is 4.74 Å². The molecule has 0 spiro atoms. The molecule has 0 radical (unpaired) electrons. The molecule has 4 aromatic carbocycles. The van der Waals surface area contributed by atoms with E-state index in [1.54, 1.807) is 0 Å². The Labute approximate surface area is 129 Å². The fourth-order valence-electron chi connectivity index (χ4n) is 3.70. The minimum atomic E-state index is 0.827. The Balaban J connectivity index is 1.95. The van der Waals surface area contributed by atoms with E-state index in [1.165, 1.54) is 37.9 Å². The smallest absolute Gasteiger partial charge is 0.123 e. The molecule has 1 heteroatoms. The second-order valence-electron chi connectivity index (χ2n) is 6.03. The number of hydrogen-bond acceptors (Lipinski definition) is 1. The molecule has 0 bridgehead atoms. The van der Waals surface area contributed by atoms with Crippen molar-refractivity contribution in [3.8, 4) is 0 Å². The van der Waals surface area contributed by atoms with Gasteiger partial charge in [-0.15, -0.1) is 0 Å². The Morgan fingerprint density at radius 2 is 1.45 bits per heavy atom. The summed E-state index contributed by atoms with van der Waals surface area (Å²) in [6.07, 6.45) is 4.46. The molecule has 0 amide bonds. The monoisotopic (exact) mass is 284 g/mol. The zero-order valence-electron chi connectivity index (χ0n) is 12.3. The third kappa shape index (κ3) is 1.59. The van der Waals surface area contributed by atoms with Gasteiger partial charge in [-0.1, -0.05) is 54.6 Å². The number of allylic oxidation sites excluding steroid dienone is 1.